The number of ether oxygens (including phenoxy) is 1. The van der Waals surface area contributed by atoms with Gasteiger partial charge in [0.15, 0.2) is 5.60 Å². The molecule has 1 aromatic carbocycles. The first-order valence-electron chi connectivity index (χ1n) is 7.24. The number of benzene rings is 1. The molecule has 114 valence electrons. The second-order valence-electron chi connectivity index (χ2n) is 6.05. The fourth-order valence-electron chi connectivity index (χ4n) is 3.53. The van der Waals surface area contributed by atoms with Crippen molar-refractivity contribution >= 4 is 11.9 Å². The number of piperidine rings is 1. The van der Waals surface area contributed by atoms with Gasteiger partial charge in [0.25, 0.3) is 5.91 Å². The van der Waals surface area contributed by atoms with Gasteiger partial charge in [0.05, 0.1) is 6.26 Å². The van der Waals surface area contributed by atoms with E-state index in [-0.39, 0.29) is 12.0 Å². The van der Waals surface area contributed by atoms with Crippen LogP contribution in [0.3, 0.4) is 0 Å². The van der Waals surface area contributed by atoms with Crippen molar-refractivity contribution in [3.05, 3.63) is 42.2 Å². The molecule has 2 aliphatic heterocycles. The largest absolute Gasteiger partial charge is 0.480 e. The van der Waals surface area contributed by atoms with E-state index in [2.05, 4.69) is 0 Å². The molecule has 1 aromatic rings. The van der Waals surface area contributed by atoms with E-state index in [0.717, 1.165) is 6.42 Å². The van der Waals surface area contributed by atoms with E-state index in [1.807, 2.05) is 0 Å². The summed E-state index contributed by atoms with van der Waals surface area (Å²) in [6.45, 7) is 0. The normalized spacial score (nSPS) is 34.6. The van der Waals surface area contributed by atoms with Crippen LogP contribution in [0.2, 0.25) is 0 Å². The van der Waals surface area contributed by atoms with E-state index in [9.17, 15) is 19.8 Å². The monoisotopic (exact) mass is 301 g/mol. The van der Waals surface area contributed by atoms with Gasteiger partial charge >= 0.3 is 5.97 Å². The van der Waals surface area contributed by atoms with Crippen molar-refractivity contribution in [2.75, 3.05) is 0 Å². The molecule has 6 nitrogen and oxygen atoms in total. The quantitative estimate of drug-likeness (QED) is 0.846. The molecule has 0 aromatic heterocycles. The molecule has 3 aliphatic rings. The topological polar surface area (TPSA) is 87.1 Å². The zero-order valence-electron chi connectivity index (χ0n) is 11.7. The number of amides is 1. The molecule has 0 spiro atoms. The number of hydrogen-bond acceptors (Lipinski definition) is 4. The number of carboxylic acid groups (broad SMARTS) is 1. The van der Waals surface area contributed by atoms with Gasteiger partial charge in [0.2, 0.25) is 0 Å². The number of nitrogens with zero attached hydrogens (tertiary/aromatic N) is 1. The summed E-state index contributed by atoms with van der Waals surface area (Å²) in [5.74, 6) is -0.961. The Morgan fingerprint density at radius 2 is 2.05 bits per heavy atom. The Morgan fingerprint density at radius 1 is 1.27 bits per heavy atom. The number of carboxylic acids is 1. The van der Waals surface area contributed by atoms with E-state index in [0.29, 0.717) is 17.7 Å². The minimum atomic E-state index is -1.87. The van der Waals surface area contributed by atoms with Crippen LogP contribution in [0.5, 0.6) is 5.75 Å². The first-order chi connectivity index (χ1) is 10.5. The summed E-state index contributed by atoms with van der Waals surface area (Å²) >= 11 is 0. The number of carbonyl (C=O) groups is 2. The lowest BCUT2D eigenvalue weighted by molar-refractivity contribution is -0.158. The van der Waals surface area contributed by atoms with Gasteiger partial charge in [-0.05, 0) is 30.9 Å². The number of para-hydroxylation sites is 1. The zero-order valence-corrected chi connectivity index (χ0v) is 11.7. The molecule has 1 aliphatic carbocycles. The van der Waals surface area contributed by atoms with Crippen molar-refractivity contribution in [2.24, 2.45) is 5.92 Å². The summed E-state index contributed by atoms with van der Waals surface area (Å²) in [6.07, 6.45) is 3.83. The SMILES string of the molecule is O=C(O)[C@@H]1C[C@@H]2C[C@@H]2N1C(=O)C1(O)C=COc2ccccc21. The molecule has 1 saturated heterocycles. The summed E-state index contributed by atoms with van der Waals surface area (Å²) in [5.41, 5.74) is -1.53. The summed E-state index contributed by atoms with van der Waals surface area (Å²) in [4.78, 5) is 25.7. The second-order valence-corrected chi connectivity index (χ2v) is 6.05. The Morgan fingerprint density at radius 3 is 2.82 bits per heavy atom. The molecule has 2 fully saturated rings. The van der Waals surface area contributed by atoms with Crippen molar-refractivity contribution in [1.29, 1.82) is 0 Å². The second kappa shape index (κ2) is 4.33. The fourth-order valence-corrected chi connectivity index (χ4v) is 3.53. The van der Waals surface area contributed by atoms with Gasteiger partial charge in [-0.1, -0.05) is 18.2 Å². The van der Waals surface area contributed by atoms with Gasteiger partial charge in [-0.25, -0.2) is 4.79 Å². The molecule has 22 heavy (non-hydrogen) atoms. The molecular formula is C16H15NO5. The minimum absolute atomic E-state index is 0.0685. The van der Waals surface area contributed by atoms with Crippen molar-refractivity contribution < 1.29 is 24.5 Å². The average molecular weight is 301 g/mol. The molecule has 6 heteroatoms. The number of rotatable bonds is 2. The molecule has 4 rings (SSSR count). The van der Waals surface area contributed by atoms with Gasteiger partial charge in [-0.15, -0.1) is 0 Å². The molecule has 1 unspecified atom stereocenters. The fraction of sp³-hybridized carbons (Fsp3) is 0.375. The number of fused-ring (bicyclic) bond motifs is 2. The average Bonchev–Trinajstić information content (AvgIpc) is 3.17. The van der Waals surface area contributed by atoms with Crippen molar-refractivity contribution in [1.82, 2.24) is 4.90 Å². The number of aliphatic carboxylic acids is 1. The van der Waals surface area contributed by atoms with Crippen molar-refractivity contribution in [3.8, 4) is 5.75 Å². The van der Waals surface area contributed by atoms with Crippen LogP contribution in [-0.2, 0) is 15.2 Å². The molecule has 4 atom stereocenters. The highest BCUT2D eigenvalue weighted by Crippen LogP contribution is 2.50. The van der Waals surface area contributed by atoms with Crippen LogP contribution in [0.15, 0.2) is 36.6 Å². The third-order valence-electron chi connectivity index (χ3n) is 4.75. The lowest BCUT2D eigenvalue weighted by Gasteiger charge is -2.35. The Bertz CT molecular complexity index is 700. The molecule has 0 radical (unpaired) electrons. The number of carbonyl (C=O) groups excluding carboxylic acids is 1. The third kappa shape index (κ3) is 1.70. The Kier molecular flexibility index (Phi) is 2.62. The van der Waals surface area contributed by atoms with Crippen molar-refractivity contribution in [2.45, 2.75) is 30.5 Å². The maximum absolute atomic E-state index is 12.9. The lowest BCUT2D eigenvalue weighted by Crippen LogP contribution is -2.52. The maximum atomic E-state index is 12.9. The van der Waals surface area contributed by atoms with Gasteiger partial charge in [-0.3, -0.25) is 4.79 Å². The Labute approximate surface area is 126 Å². The predicted molar refractivity (Wildman–Crippen MR) is 74.9 cm³/mol. The van der Waals surface area contributed by atoms with Crippen LogP contribution in [0.25, 0.3) is 0 Å². The standard InChI is InChI=1S/C16H15NO5/c18-14(19)12-8-9-7-11(9)17(12)15(20)16(21)5-6-22-13-4-2-1-3-10(13)16/h1-6,9,11-12,21H,7-8H2,(H,18,19)/t9-,11-,12-,16?/m0/s1. The number of likely N-dealkylation sites (tertiary alicyclic amines) is 1. The molecule has 2 heterocycles. The summed E-state index contributed by atoms with van der Waals surface area (Å²) < 4.78 is 5.32. The minimum Gasteiger partial charge on any atom is -0.480 e. The highest BCUT2D eigenvalue weighted by atomic mass is 16.5. The van der Waals surface area contributed by atoms with E-state index in [1.165, 1.54) is 17.2 Å². The predicted octanol–water partition coefficient (Wildman–Crippen LogP) is 0.854. The van der Waals surface area contributed by atoms with Gasteiger partial charge in [0, 0.05) is 11.6 Å². The van der Waals surface area contributed by atoms with Crippen LogP contribution < -0.4 is 4.74 Å². The van der Waals surface area contributed by atoms with Crippen LogP contribution in [0.1, 0.15) is 18.4 Å². The maximum Gasteiger partial charge on any atom is 0.326 e. The number of aliphatic hydroxyl groups is 1. The van der Waals surface area contributed by atoms with E-state index in [4.69, 9.17) is 4.74 Å². The highest BCUT2D eigenvalue weighted by Gasteiger charge is 2.59. The Balaban J connectivity index is 1.74. The molecular weight excluding hydrogens is 286 g/mol. The van der Waals surface area contributed by atoms with Crippen LogP contribution in [-0.4, -0.2) is 39.1 Å². The highest BCUT2D eigenvalue weighted by molar-refractivity contribution is 5.94. The van der Waals surface area contributed by atoms with Crippen LogP contribution >= 0.6 is 0 Å². The first-order valence-corrected chi connectivity index (χ1v) is 7.24. The van der Waals surface area contributed by atoms with E-state index >= 15 is 0 Å². The summed E-state index contributed by atoms with van der Waals surface area (Å²) in [7, 11) is 0. The third-order valence-corrected chi connectivity index (χ3v) is 4.75. The van der Waals surface area contributed by atoms with Gasteiger partial charge in [0.1, 0.15) is 11.8 Å². The van der Waals surface area contributed by atoms with Crippen molar-refractivity contribution in [3.63, 3.8) is 0 Å². The molecule has 1 saturated carbocycles. The summed E-state index contributed by atoms with van der Waals surface area (Å²) in [6, 6.07) is 5.81. The number of hydrogen-bond donors (Lipinski definition) is 2. The van der Waals surface area contributed by atoms with Crippen LogP contribution in [0.4, 0.5) is 0 Å². The molecule has 1 amide bonds. The van der Waals surface area contributed by atoms with E-state index < -0.39 is 23.5 Å². The molecule has 2 N–H and O–H groups in total. The van der Waals surface area contributed by atoms with Crippen LogP contribution in [0, 0.1) is 5.92 Å². The zero-order chi connectivity index (χ0) is 15.5. The first kappa shape index (κ1) is 13.3. The smallest absolute Gasteiger partial charge is 0.326 e. The summed E-state index contributed by atoms with van der Waals surface area (Å²) in [5, 5.41) is 20.3. The van der Waals surface area contributed by atoms with E-state index in [1.54, 1.807) is 24.3 Å². The molecule has 0 bridgehead atoms. The lowest BCUT2D eigenvalue weighted by atomic mass is 9.89. The Hall–Kier alpha value is -2.34. The van der Waals surface area contributed by atoms with Gasteiger partial charge < -0.3 is 19.8 Å². The van der Waals surface area contributed by atoms with Gasteiger partial charge in [-0.2, -0.15) is 0 Å².